The van der Waals surface area contributed by atoms with Gasteiger partial charge in [0.2, 0.25) is 0 Å². The zero-order chi connectivity index (χ0) is 10.1. The van der Waals surface area contributed by atoms with E-state index in [1.165, 1.54) is 16.8 Å². The van der Waals surface area contributed by atoms with Gasteiger partial charge in [-0.15, -0.1) is 0 Å². The van der Waals surface area contributed by atoms with Crippen molar-refractivity contribution in [1.29, 1.82) is 0 Å². The summed E-state index contributed by atoms with van der Waals surface area (Å²) in [6.07, 6.45) is 1.15. The molecule has 0 aliphatic carbocycles. The van der Waals surface area contributed by atoms with Crippen molar-refractivity contribution in [2.24, 2.45) is 0 Å². The van der Waals surface area contributed by atoms with Gasteiger partial charge in [0.05, 0.1) is 0 Å². The lowest BCUT2D eigenvalue weighted by Gasteiger charge is -2.33. The van der Waals surface area contributed by atoms with E-state index in [0.29, 0.717) is 6.04 Å². The number of likely N-dealkylation sites (N-methyl/N-ethyl adjacent to an activating group) is 2. The summed E-state index contributed by atoms with van der Waals surface area (Å²) in [4.78, 5) is 2.33. The normalized spacial score (nSPS) is 20.8. The predicted octanol–water partition coefficient (Wildman–Crippen LogP) is 1.58. The van der Waals surface area contributed by atoms with Crippen LogP contribution in [-0.2, 0) is 6.42 Å². The van der Waals surface area contributed by atoms with Crippen LogP contribution in [0.25, 0.3) is 0 Å². The Labute approximate surface area is 85.9 Å². The fourth-order valence-electron chi connectivity index (χ4n) is 2.20. The highest BCUT2D eigenvalue weighted by molar-refractivity contribution is 5.56. The van der Waals surface area contributed by atoms with Gasteiger partial charge in [-0.05, 0) is 32.0 Å². The minimum absolute atomic E-state index is 0.592. The van der Waals surface area contributed by atoms with Crippen molar-refractivity contribution in [2.75, 3.05) is 25.5 Å². The van der Waals surface area contributed by atoms with Crippen molar-refractivity contribution in [3.05, 3.63) is 29.3 Å². The number of nitrogens with zero attached hydrogens (tertiary/aromatic N) is 1. The number of benzene rings is 1. The molecule has 1 heterocycles. The van der Waals surface area contributed by atoms with E-state index in [2.05, 4.69) is 42.4 Å². The van der Waals surface area contributed by atoms with Crippen molar-refractivity contribution < 1.29 is 0 Å². The fourth-order valence-corrected chi connectivity index (χ4v) is 2.20. The van der Waals surface area contributed by atoms with E-state index in [1.54, 1.807) is 0 Å². The summed E-state index contributed by atoms with van der Waals surface area (Å²) in [5, 5.41) is 3.35. The maximum absolute atomic E-state index is 3.35. The van der Waals surface area contributed by atoms with E-state index < -0.39 is 0 Å². The Morgan fingerprint density at radius 3 is 2.93 bits per heavy atom. The van der Waals surface area contributed by atoms with Gasteiger partial charge < -0.3 is 10.2 Å². The Morgan fingerprint density at radius 1 is 1.43 bits per heavy atom. The van der Waals surface area contributed by atoms with Crippen LogP contribution in [0.3, 0.4) is 0 Å². The highest BCUT2D eigenvalue weighted by atomic mass is 15.1. The lowest BCUT2D eigenvalue weighted by Crippen LogP contribution is -2.43. The third-order valence-corrected chi connectivity index (χ3v) is 3.02. The zero-order valence-electron chi connectivity index (χ0n) is 9.17. The highest BCUT2D eigenvalue weighted by Gasteiger charge is 2.20. The molecule has 1 aromatic rings. The van der Waals surface area contributed by atoms with Crippen molar-refractivity contribution in [2.45, 2.75) is 19.4 Å². The number of anilines is 1. The van der Waals surface area contributed by atoms with E-state index >= 15 is 0 Å². The van der Waals surface area contributed by atoms with Crippen LogP contribution in [0, 0.1) is 6.92 Å². The van der Waals surface area contributed by atoms with Gasteiger partial charge in [-0.2, -0.15) is 0 Å². The van der Waals surface area contributed by atoms with Gasteiger partial charge in [0.15, 0.2) is 0 Å². The number of fused-ring (bicyclic) bond motifs is 1. The quantitative estimate of drug-likeness (QED) is 0.723. The first kappa shape index (κ1) is 9.53. The van der Waals surface area contributed by atoms with Crippen LogP contribution >= 0.6 is 0 Å². The van der Waals surface area contributed by atoms with Crippen LogP contribution in [0.2, 0.25) is 0 Å². The summed E-state index contributed by atoms with van der Waals surface area (Å²) in [5.74, 6) is 0. The molecule has 2 rings (SSSR count). The first-order valence-electron chi connectivity index (χ1n) is 5.18. The Balaban J connectivity index is 2.35. The molecule has 0 amide bonds. The maximum Gasteiger partial charge on any atom is 0.0397 e. The Hall–Kier alpha value is -1.02. The minimum atomic E-state index is 0.592. The molecule has 0 aromatic heterocycles. The number of aryl methyl sites for hydroxylation is 1. The Kier molecular flexibility index (Phi) is 2.46. The first-order chi connectivity index (χ1) is 6.70. The molecule has 1 atom stereocenters. The van der Waals surface area contributed by atoms with Crippen LogP contribution < -0.4 is 10.2 Å². The molecule has 0 saturated heterocycles. The number of hydrogen-bond acceptors (Lipinski definition) is 2. The Morgan fingerprint density at radius 2 is 2.21 bits per heavy atom. The van der Waals surface area contributed by atoms with Crippen molar-refractivity contribution in [3.63, 3.8) is 0 Å². The van der Waals surface area contributed by atoms with Crippen molar-refractivity contribution >= 4 is 5.69 Å². The third-order valence-electron chi connectivity index (χ3n) is 3.02. The average molecular weight is 190 g/mol. The topological polar surface area (TPSA) is 15.3 Å². The summed E-state index contributed by atoms with van der Waals surface area (Å²) in [5.41, 5.74) is 4.22. The molecule has 1 unspecified atom stereocenters. The van der Waals surface area contributed by atoms with Gasteiger partial charge in [0, 0.05) is 25.3 Å². The van der Waals surface area contributed by atoms with Crippen molar-refractivity contribution in [1.82, 2.24) is 5.32 Å². The van der Waals surface area contributed by atoms with Gasteiger partial charge in [0.25, 0.3) is 0 Å². The minimum Gasteiger partial charge on any atom is -0.373 e. The molecule has 0 bridgehead atoms. The average Bonchev–Trinajstić information content (AvgIpc) is 2.16. The van der Waals surface area contributed by atoms with E-state index in [4.69, 9.17) is 0 Å². The molecule has 2 heteroatoms. The lowest BCUT2D eigenvalue weighted by molar-refractivity contribution is 0.537. The summed E-state index contributed by atoms with van der Waals surface area (Å²) in [6, 6.07) is 7.32. The van der Waals surface area contributed by atoms with Gasteiger partial charge >= 0.3 is 0 Å². The van der Waals surface area contributed by atoms with Gasteiger partial charge in [-0.3, -0.25) is 0 Å². The van der Waals surface area contributed by atoms with Gasteiger partial charge in [-0.25, -0.2) is 0 Å². The van der Waals surface area contributed by atoms with Gasteiger partial charge in [0.1, 0.15) is 0 Å². The second-order valence-corrected chi connectivity index (χ2v) is 4.20. The standard InChI is InChI=1S/C12H18N2/c1-9-4-5-12-10(6-9)7-11(13-2)8-14(12)3/h4-6,11,13H,7-8H2,1-3H3. The largest absolute Gasteiger partial charge is 0.373 e. The smallest absolute Gasteiger partial charge is 0.0397 e. The molecule has 76 valence electrons. The Bertz CT molecular complexity index is 333. The van der Waals surface area contributed by atoms with E-state index in [1.807, 2.05) is 7.05 Å². The molecule has 1 aliphatic rings. The molecular weight excluding hydrogens is 172 g/mol. The van der Waals surface area contributed by atoms with Crippen LogP contribution in [0.4, 0.5) is 5.69 Å². The molecular formula is C12H18N2. The molecule has 14 heavy (non-hydrogen) atoms. The zero-order valence-corrected chi connectivity index (χ0v) is 9.17. The second kappa shape index (κ2) is 3.62. The van der Waals surface area contributed by atoms with E-state index in [9.17, 15) is 0 Å². The van der Waals surface area contributed by atoms with Crippen LogP contribution in [0.1, 0.15) is 11.1 Å². The molecule has 2 nitrogen and oxygen atoms in total. The van der Waals surface area contributed by atoms with E-state index in [0.717, 1.165) is 13.0 Å². The number of nitrogens with one attached hydrogen (secondary N) is 1. The van der Waals surface area contributed by atoms with Crippen LogP contribution in [0.15, 0.2) is 18.2 Å². The number of rotatable bonds is 1. The van der Waals surface area contributed by atoms with Gasteiger partial charge in [-0.1, -0.05) is 17.7 Å². The second-order valence-electron chi connectivity index (χ2n) is 4.20. The molecule has 0 saturated carbocycles. The van der Waals surface area contributed by atoms with Crippen LogP contribution in [0.5, 0.6) is 0 Å². The fraction of sp³-hybridized carbons (Fsp3) is 0.500. The van der Waals surface area contributed by atoms with Crippen LogP contribution in [-0.4, -0.2) is 26.7 Å². The SMILES string of the molecule is CNC1Cc2cc(C)ccc2N(C)C1. The first-order valence-corrected chi connectivity index (χ1v) is 5.18. The molecule has 0 fully saturated rings. The third kappa shape index (κ3) is 1.62. The van der Waals surface area contributed by atoms with E-state index in [-0.39, 0.29) is 0 Å². The molecule has 0 radical (unpaired) electrons. The van der Waals surface area contributed by atoms with Crippen molar-refractivity contribution in [3.8, 4) is 0 Å². The molecule has 1 N–H and O–H groups in total. The summed E-state index contributed by atoms with van der Waals surface area (Å²) in [7, 11) is 4.21. The monoisotopic (exact) mass is 190 g/mol. The predicted molar refractivity (Wildman–Crippen MR) is 61.0 cm³/mol. The molecule has 1 aliphatic heterocycles. The summed E-state index contributed by atoms with van der Waals surface area (Å²) >= 11 is 0. The maximum atomic E-state index is 3.35. The molecule has 1 aromatic carbocycles. The highest BCUT2D eigenvalue weighted by Crippen LogP contribution is 2.26. The summed E-state index contributed by atoms with van der Waals surface area (Å²) in [6.45, 7) is 3.26. The molecule has 0 spiro atoms. The lowest BCUT2D eigenvalue weighted by atomic mass is 9.97. The summed E-state index contributed by atoms with van der Waals surface area (Å²) < 4.78 is 0. The number of hydrogen-bond donors (Lipinski definition) is 1.